The van der Waals surface area contributed by atoms with Crippen LogP contribution in [0.25, 0.3) is 11.2 Å². The van der Waals surface area contributed by atoms with Gasteiger partial charge in [-0.3, -0.25) is 0 Å². The predicted molar refractivity (Wildman–Crippen MR) is 144 cm³/mol. The van der Waals surface area contributed by atoms with E-state index in [1.54, 1.807) is 11.1 Å². The lowest BCUT2D eigenvalue weighted by atomic mass is 9.92. The SMILES string of the molecule is C=CCNc1nc(N2CCC(NCC3CCCCc4ccccc43)CC2)nc2c1ncn2CC=C. The second-order valence-corrected chi connectivity index (χ2v) is 9.71. The van der Waals surface area contributed by atoms with E-state index in [0.717, 1.165) is 55.4 Å². The lowest BCUT2D eigenvalue weighted by molar-refractivity contribution is 0.393. The fourth-order valence-electron chi connectivity index (χ4n) is 5.47. The molecular formula is C28H37N7. The van der Waals surface area contributed by atoms with E-state index in [1.807, 2.05) is 23.0 Å². The third-order valence-electron chi connectivity index (χ3n) is 7.37. The van der Waals surface area contributed by atoms with Crippen LogP contribution < -0.4 is 15.5 Å². The minimum absolute atomic E-state index is 0.537. The van der Waals surface area contributed by atoms with Crippen LogP contribution in [0.5, 0.6) is 0 Å². The van der Waals surface area contributed by atoms with Crippen molar-refractivity contribution in [3.63, 3.8) is 0 Å². The Morgan fingerprint density at radius 2 is 1.89 bits per heavy atom. The first-order valence-electron chi connectivity index (χ1n) is 13.0. The standard InChI is InChI=1S/C28H37N7/c1-3-15-29-26-25-27(35(16-4-2)20-31-25)33-28(32-26)34-17-13-23(14-18-34)30-19-22-11-6-5-9-21-10-7-8-12-24(21)22/h3-4,7-8,10,12,20,22-23,30H,1-2,5-6,9,11,13-19H2,(H,29,32,33). The Labute approximate surface area is 208 Å². The zero-order chi connectivity index (χ0) is 24.0. The average Bonchev–Trinajstić information content (AvgIpc) is 3.18. The smallest absolute Gasteiger partial charge is 0.229 e. The second kappa shape index (κ2) is 11.0. The average molecular weight is 472 g/mol. The van der Waals surface area contributed by atoms with Gasteiger partial charge in [0, 0.05) is 38.8 Å². The van der Waals surface area contributed by atoms with Crippen molar-refractivity contribution >= 4 is 22.9 Å². The quantitative estimate of drug-likeness (QED) is 0.349. The molecule has 1 aliphatic heterocycles. The summed E-state index contributed by atoms with van der Waals surface area (Å²) >= 11 is 0. The van der Waals surface area contributed by atoms with Gasteiger partial charge < -0.3 is 20.1 Å². The molecule has 7 heteroatoms. The van der Waals surface area contributed by atoms with Crippen LogP contribution in [0.1, 0.15) is 49.1 Å². The molecule has 5 rings (SSSR count). The number of nitrogens with zero attached hydrogens (tertiary/aromatic N) is 5. The Kier molecular flexibility index (Phi) is 7.42. The molecular weight excluding hydrogens is 434 g/mol. The zero-order valence-corrected chi connectivity index (χ0v) is 20.6. The molecule has 0 bridgehead atoms. The highest BCUT2D eigenvalue weighted by Crippen LogP contribution is 2.30. The topological polar surface area (TPSA) is 70.9 Å². The van der Waals surface area contributed by atoms with Gasteiger partial charge in [0.15, 0.2) is 17.0 Å². The van der Waals surface area contributed by atoms with Gasteiger partial charge in [-0.1, -0.05) is 42.8 Å². The number of aryl methyl sites for hydroxylation is 1. The van der Waals surface area contributed by atoms with Crippen molar-refractivity contribution in [3.05, 3.63) is 67.0 Å². The van der Waals surface area contributed by atoms with Crippen molar-refractivity contribution in [1.82, 2.24) is 24.8 Å². The van der Waals surface area contributed by atoms with E-state index in [9.17, 15) is 0 Å². The highest BCUT2D eigenvalue weighted by Gasteiger charge is 2.25. The van der Waals surface area contributed by atoms with Crippen molar-refractivity contribution in [2.75, 3.05) is 36.4 Å². The van der Waals surface area contributed by atoms with Crippen LogP contribution >= 0.6 is 0 Å². The Bertz CT molecular complexity index is 1160. The Hall–Kier alpha value is -3.19. The highest BCUT2D eigenvalue weighted by atomic mass is 15.3. The molecule has 0 amide bonds. The van der Waals surface area contributed by atoms with Crippen LogP contribution in [-0.4, -0.2) is 51.7 Å². The molecule has 1 atom stereocenters. The number of hydrogen-bond acceptors (Lipinski definition) is 6. The van der Waals surface area contributed by atoms with Crippen molar-refractivity contribution in [1.29, 1.82) is 0 Å². The van der Waals surface area contributed by atoms with E-state index in [2.05, 4.69) is 57.9 Å². The summed E-state index contributed by atoms with van der Waals surface area (Å²) in [4.78, 5) is 16.6. The maximum atomic E-state index is 4.91. The second-order valence-electron chi connectivity index (χ2n) is 9.71. The van der Waals surface area contributed by atoms with Gasteiger partial charge in [0.25, 0.3) is 0 Å². The molecule has 0 radical (unpaired) electrons. The fraction of sp³-hybridized carbons (Fsp3) is 0.464. The fourth-order valence-corrected chi connectivity index (χ4v) is 5.47. The number of benzene rings is 1. The minimum Gasteiger partial charge on any atom is -0.365 e. The number of anilines is 2. The third-order valence-corrected chi connectivity index (χ3v) is 7.37. The van der Waals surface area contributed by atoms with E-state index in [-0.39, 0.29) is 0 Å². The van der Waals surface area contributed by atoms with Crippen molar-refractivity contribution in [3.8, 4) is 0 Å². The number of piperidine rings is 1. The molecule has 0 saturated carbocycles. The van der Waals surface area contributed by atoms with Gasteiger partial charge in [0.1, 0.15) is 0 Å². The van der Waals surface area contributed by atoms with Crippen LogP contribution in [0, 0.1) is 0 Å². The van der Waals surface area contributed by atoms with E-state index < -0.39 is 0 Å². The summed E-state index contributed by atoms with van der Waals surface area (Å²) < 4.78 is 2.02. The van der Waals surface area contributed by atoms with Crippen LogP contribution in [0.3, 0.4) is 0 Å². The van der Waals surface area contributed by atoms with Gasteiger partial charge in [0.2, 0.25) is 5.95 Å². The number of nitrogens with one attached hydrogen (secondary N) is 2. The van der Waals surface area contributed by atoms with Gasteiger partial charge >= 0.3 is 0 Å². The van der Waals surface area contributed by atoms with E-state index in [0.29, 0.717) is 25.0 Å². The summed E-state index contributed by atoms with van der Waals surface area (Å²) in [5, 5.41) is 7.25. The summed E-state index contributed by atoms with van der Waals surface area (Å²) in [6.07, 6.45) is 12.8. The lowest BCUT2D eigenvalue weighted by Gasteiger charge is -2.33. The Balaban J connectivity index is 1.24. The van der Waals surface area contributed by atoms with Crippen LogP contribution in [-0.2, 0) is 13.0 Å². The number of allylic oxidation sites excluding steroid dienone is 1. The number of imidazole rings is 1. The van der Waals surface area contributed by atoms with Crippen molar-refractivity contribution in [2.45, 2.75) is 57.0 Å². The molecule has 2 N–H and O–H groups in total. The van der Waals surface area contributed by atoms with Crippen molar-refractivity contribution in [2.24, 2.45) is 0 Å². The van der Waals surface area contributed by atoms with E-state index in [4.69, 9.17) is 9.97 Å². The van der Waals surface area contributed by atoms with E-state index >= 15 is 0 Å². The largest absolute Gasteiger partial charge is 0.365 e. The molecule has 7 nitrogen and oxygen atoms in total. The molecule has 1 aromatic carbocycles. The molecule has 1 aliphatic carbocycles. The van der Waals surface area contributed by atoms with Gasteiger partial charge in [-0.25, -0.2) is 4.98 Å². The van der Waals surface area contributed by atoms with Gasteiger partial charge in [-0.15, -0.1) is 13.2 Å². The maximum Gasteiger partial charge on any atom is 0.229 e. The molecule has 1 fully saturated rings. The maximum absolute atomic E-state index is 4.91. The first-order valence-corrected chi connectivity index (χ1v) is 13.0. The summed E-state index contributed by atoms with van der Waals surface area (Å²) in [6.45, 7) is 11.9. The monoisotopic (exact) mass is 471 g/mol. The highest BCUT2D eigenvalue weighted by molar-refractivity contribution is 5.84. The summed E-state index contributed by atoms with van der Waals surface area (Å²) in [7, 11) is 0. The van der Waals surface area contributed by atoms with Gasteiger partial charge in [-0.05, 0) is 49.1 Å². The summed E-state index contributed by atoms with van der Waals surface area (Å²) in [5.41, 5.74) is 4.74. The molecule has 2 aromatic heterocycles. The van der Waals surface area contributed by atoms with Crippen LogP contribution in [0.2, 0.25) is 0 Å². The van der Waals surface area contributed by atoms with Crippen LogP contribution in [0.15, 0.2) is 55.9 Å². The zero-order valence-electron chi connectivity index (χ0n) is 20.6. The molecule has 3 heterocycles. The first kappa shape index (κ1) is 23.5. The van der Waals surface area contributed by atoms with Crippen molar-refractivity contribution < 1.29 is 0 Å². The molecule has 3 aromatic rings. The minimum atomic E-state index is 0.537. The van der Waals surface area contributed by atoms with Crippen LogP contribution in [0.4, 0.5) is 11.8 Å². The lowest BCUT2D eigenvalue weighted by Crippen LogP contribution is -2.44. The first-order chi connectivity index (χ1) is 17.3. The number of hydrogen-bond donors (Lipinski definition) is 2. The third kappa shape index (κ3) is 5.25. The Morgan fingerprint density at radius 3 is 2.71 bits per heavy atom. The van der Waals surface area contributed by atoms with E-state index in [1.165, 1.54) is 25.7 Å². The van der Waals surface area contributed by atoms with Gasteiger partial charge in [0.05, 0.1) is 6.33 Å². The van der Waals surface area contributed by atoms with Gasteiger partial charge in [-0.2, -0.15) is 9.97 Å². The number of aromatic nitrogens is 4. The molecule has 2 aliphatic rings. The summed E-state index contributed by atoms with van der Waals surface area (Å²) in [6, 6.07) is 9.59. The normalized spacial score (nSPS) is 18.7. The number of fused-ring (bicyclic) bond motifs is 2. The predicted octanol–water partition coefficient (Wildman–Crippen LogP) is 4.68. The number of rotatable bonds is 9. The molecule has 0 spiro atoms. The Morgan fingerprint density at radius 1 is 1.03 bits per heavy atom. The molecule has 1 unspecified atom stereocenters. The molecule has 1 saturated heterocycles. The summed E-state index contributed by atoms with van der Waals surface area (Å²) in [5.74, 6) is 2.16. The molecule has 184 valence electrons. The molecule has 35 heavy (non-hydrogen) atoms.